The SMILES string of the molecule is C[C@@H](NC(=O)COc1ccc(C=O)cc1[N+](=O)[O-])c1cc2ccccc2o1. The van der Waals surface area contributed by atoms with Gasteiger partial charge in [-0.05, 0) is 31.2 Å². The summed E-state index contributed by atoms with van der Waals surface area (Å²) in [5.74, 6) is 0.0414. The topological polar surface area (TPSA) is 112 Å². The maximum atomic E-state index is 12.1. The van der Waals surface area contributed by atoms with E-state index in [0.717, 1.165) is 17.0 Å². The van der Waals surface area contributed by atoms with Crippen LogP contribution in [0.3, 0.4) is 0 Å². The van der Waals surface area contributed by atoms with E-state index in [2.05, 4.69) is 5.32 Å². The fourth-order valence-corrected chi connectivity index (χ4v) is 2.59. The van der Waals surface area contributed by atoms with E-state index in [1.54, 1.807) is 6.92 Å². The summed E-state index contributed by atoms with van der Waals surface area (Å²) < 4.78 is 10.9. The van der Waals surface area contributed by atoms with E-state index in [-0.39, 0.29) is 17.0 Å². The number of nitro groups is 1. The summed E-state index contributed by atoms with van der Waals surface area (Å²) >= 11 is 0. The van der Waals surface area contributed by atoms with E-state index in [0.29, 0.717) is 12.0 Å². The Labute approximate surface area is 153 Å². The van der Waals surface area contributed by atoms with Crippen LogP contribution >= 0.6 is 0 Å². The molecule has 2 aromatic carbocycles. The van der Waals surface area contributed by atoms with E-state index in [1.165, 1.54) is 12.1 Å². The van der Waals surface area contributed by atoms with Crippen LogP contribution in [0.25, 0.3) is 11.0 Å². The van der Waals surface area contributed by atoms with Gasteiger partial charge in [0.05, 0.1) is 11.0 Å². The molecule has 1 heterocycles. The van der Waals surface area contributed by atoms with Crippen molar-refractivity contribution in [3.63, 3.8) is 0 Å². The molecule has 27 heavy (non-hydrogen) atoms. The van der Waals surface area contributed by atoms with Crippen molar-refractivity contribution in [1.82, 2.24) is 5.32 Å². The predicted molar refractivity (Wildman–Crippen MR) is 96.8 cm³/mol. The fraction of sp³-hybridized carbons (Fsp3) is 0.158. The number of hydrogen-bond acceptors (Lipinski definition) is 6. The van der Waals surface area contributed by atoms with Crippen LogP contribution < -0.4 is 10.1 Å². The first-order valence-corrected chi connectivity index (χ1v) is 8.12. The first-order chi connectivity index (χ1) is 13.0. The number of furan rings is 1. The molecule has 0 saturated heterocycles. The summed E-state index contributed by atoms with van der Waals surface area (Å²) in [4.78, 5) is 33.3. The zero-order valence-electron chi connectivity index (χ0n) is 14.4. The third-order valence-corrected chi connectivity index (χ3v) is 3.92. The number of hydrogen-bond donors (Lipinski definition) is 1. The third-order valence-electron chi connectivity index (χ3n) is 3.92. The molecule has 0 aliphatic heterocycles. The maximum absolute atomic E-state index is 12.1. The van der Waals surface area contributed by atoms with Gasteiger partial charge in [-0.25, -0.2) is 0 Å². The number of carbonyl (C=O) groups excluding carboxylic acids is 2. The van der Waals surface area contributed by atoms with Crippen molar-refractivity contribution in [2.45, 2.75) is 13.0 Å². The summed E-state index contributed by atoms with van der Waals surface area (Å²) in [5.41, 5.74) is 0.491. The zero-order valence-corrected chi connectivity index (χ0v) is 14.4. The number of para-hydroxylation sites is 1. The van der Waals surface area contributed by atoms with E-state index < -0.39 is 23.5 Å². The molecule has 0 radical (unpaired) electrons. The average Bonchev–Trinajstić information content (AvgIpc) is 3.10. The van der Waals surface area contributed by atoms with Gasteiger partial charge in [0.25, 0.3) is 5.91 Å². The molecule has 138 valence electrons. The molecule has 0 fully saturated rings. The number of nitro benzene ring substituents is 1. The Hall–Kier alpha value is -3.68. The van der Waals surface area contributed by atoms with Gasteiger partial charge in [-0.3, -0.25) is 19.7 Å². The van der Waals surface area contributed by atoms with Crippen molar-refractivity contribution in [3.05, 3.63) is 70.0 Å². The van der Waals surface area contributed by atoms with Gasteiger partial charge in [-0.15, -0.1) is 0 Å². The van der Waals surface area contributed by atoms with Gasteiger partial charge < -0.3 is 14.5 Å². The molecule has 1 atom stereocenters. The second kappa shape index (κ2) is 7.69. The molecule has 8 heteroatoms. The summed E-state index contributed by atoms with van der Waals surface area (Å²) in [7, 11) is 0. The summed E-state index contributed by atoms with van der Waals surface area (Å²) in [6.07, 6.45) is 0.499. The molecular weight excluding hydrogens is 352 g/mol. The lowest BCUT2D eigenvalue weighted by molar-refractivity contribution is -0.385. The number of rotatable bonds is 7. The molecule has 1 N–H and O–H groups in total. The number of carbonyl (C=O) groups is 2. The van der Waals surface area contributed by atoms with Crippen molar-refractivity contribution < 1.29 is 23.7 Å². The van der Waals surface area contributed by atoms with Gasteiger partial charge in [-0.1, -0.05) is 18.2 Å². The van der Waals surface area contributed by atoms with Crippen LogP contribution in [-0.4, -0.2) is 23.7 Å². The molecule has 8 nitrogen and oxygen atoms in total. The minimum atomic E-state index is -0.669. The minimum absolute atomic E-state index is 0.0860. The van der Waals surface area contributed by atoms with Gasteiger partial charge in [0.15, 0.2) is 12.4 Å². The average molecular weight is 368 g/mol. The van der Waals surface area contributed by atoms with Crippen LogP contribution in [0.4, 0.5) is 5.69 Å². The molecule has 0 aliphatic carbocycles. The van der Waals surface area contributed by atoms with Gasteiger partial charge >= 0.3 is 5.69 Å². The molecule has 0 aliphatic rings. The van der Waals surface area contributed by atoms with Crippen LogP contribution in [0.2, 0.25) is 0 Å². The quantitative estimate of drug-likeness (QED) is 0.388. The van der Waals surface area contributed by atoms with Crippen molar-refractivity contribution in [2.75, 3.05) is 6.61 Å². The first kappa shape index (κ1) is 18.1. The highest BCUT2D eigenvalue weighted by Gasteiger charge is 2.19. The Kier molecular flexibility index (Phi) is 5.16. The maximum Gasteiger partial charge on any atom is 0.311 e. The molecule has 0 spiro atoms. The number of nitrogens with zero attached hydrogens (tertiary/aromatic N) is 1. The Morgan fingerprint density at radius 2 is 2.07 bits per heavy atom. The molecule has 0 unspecified atom stereocenters. The largest absolute Gasteiger partial charge is 0.477 e. The highest BCUT2D eigenvalue weighted by molar-refractivity contribution is 5.80. The molecule has 1 amide bonds. The Bertz CT molecular complexity index is 977. The van der Waals surface area contributed by atoms with Gasteiger partial charge in [-0.2, -0.15) is 0 Å². The van der Waals surface area contributed by atoms with Crippen molar-refractivity contribution in [3.8, 4) is 5.75 Å². The van der Waals surface area contributed by atoms with E-state index in [1.807, 2.05) is 30.3 Å². The van der Waals surface area contributed by atoms with Gasteiger partial charge in [0.1, 0.15) is 17.6 Å². The molecule has 0 saturated carbocycles. The molecule has 3 aromatic rings. The van der Waals surface area contributed by atoms with E-state index >= 15 is 0 Å². The van der Waals surface area contributed by atoms with Crippen molar-refractivity contribution >= 4 is 28.8 Å². The lowest BCUT2D eigenvalue weighted by Gasteiger charge is -2.12. The molecule has 1 aromatic heterocycles. The monoisotopic (exact) mass is 368 g/mol. The standard InChI is InChI=1S/C19H16N2O6/c1-12(18-9-14-4-2-3-5-16(14)27-18)20-19(23)11-26-17-7-6-13(10-22)8-15(17)21(24)25/h2-10,12H,11H2,1H3,(H,20,23)/t12-/m1/s1. The molecule has 3 rings (SSSR count). The van der Waals surface area contributed by atoms with E-state index in [9.17, 15) is 19.7 Å². The van der Waals surface area contributed by atoms with Gasteiger partial charge in [0.2, 0.25) is 0 Å². The second-order valence-electron chi connectivity index (χ2n) is 5.87. The second-order valence-corrected chi connectivity index (χ2v) is 5.87. The third kappa shape index (κ3) is 4.12. The normalized spacial score (nSPS) is 11.7. The van der Waals surface area contributed by atoms with Crippen LogP contribution in [0.15, 0.2) is 52.9 Å². The Balaban J connectivity index is 1.64. The molecular formula is C19H16N2O6. The first-order valence-electron chi connectivity index (χ1n) is 8.12. The highest BCUT2D eigenvalue weighted by atomic mass is 16.6. The summed E-state index contributed by atoms with van der Waals surface area (Å²) in [6.45, 7) is 1.35. The number of aldehydes is 1. The smallest absolute Gasteiger partial charge is 0.311 e. The minimum Gasteiger partial charge on any atom is -0.477 e. The number of fused-ring (bicyclic) bond motifs is 1. The zero-order chi connectivity index (χ0) is 19.4. The van der Waals surface area contributed by atoms with Crippen LogP contribution in [-0.2, 0) is 4.79 Å². The lowest BCUT2D eigenvalue weighted by Crippen LogP contribution is -2.31. The predicted octanol–water partition coefficient (Wildman–Crippen LogP) is 3.41. The number of nitrogens with one attached hydrogen (secondary N) is 1. The Morgan fingerprint density at radius 1 is 1.30 bits per heavy atom. The van der Waals surface area contributed by atoms with Gasteiger partial charge in [0, 0.05) is 17.0 Å². The number of amides is 1. The van der Waals surface area contributed by atoms with Crippen LogP contribution in [0, 0.1) is 10.1 Å². The van der Waals surface area contributed by atoms with Crippen LogP contribution in [0.1, 0.15) is 29.1 Å². The number of benzene rings is 2. The fourth-order valence-electron chi connectivity index (χ4n) is 2.59. The Morgan fingerprint density at radius 3 is 2.78 bits per heavy atom. The lowest BCUT2D eigenvalue weighted by atomic mass is 10.2. The molecule has 0 bridgehead atoms. The summed E-state index contributed by atoms with van der Waals surface area (Å²) in [5, 5.41) is 14.7. The van der Waals surface area contributed by atoms with Crippen molar-refractivity contribution in [2.24, 2.45) is 0 Å². The van der Waals surface area contributed by atoms with Crippen molar-refractivity contribution in [1.29, 1.82) is 0 Å². The summed E-state index contributed by atoms with van der Waals surface area (Å²) in [6, 6.07) is 12.7. The highest BCUT2D eigenvalue weighted by Crippen LogP contribution is 2.27. The van der Waals surface area contributed by atoms with Crippen LogP contribution in [0.5, 0.6) is 5.75 Å². The van der Waals surface area contributed by atoms with E-state index in [4.69, 9.17) is 9.15 Å². The number of ether oxygens (including phenoxy) is 1.